The Labute approximate surface area is 116 Å². The van der Waals surface area contributed by atoms with Crippen LogP contribution in [0.3, 0.4) is 0 Å². The van der Waals surface area contributed by atoms with Crippen LogP contribution in [0.4, 0.5) is 11.5 Å². The van der Waals surface area contributed by atoms with E-state index in [0.29, 0.717) is 6.54 Å². The second kappa shape index (κ2) is 5.44. The molecule has 0 aliphatic heterocycles. The lowest BCUT2D eigenvalue weighted by Crippen LogP contribution is -2.17. The van der Waals surface area contributed by atoms with Gasteiger partial charge in [0.2, 0.25) is 5.82 Å². The van der Waals surface area contributed by atoms with E-state index in [1.54, 1.807) is 0 Å². The van der Waals surface area contributed by atoms with Gasteiger partial charge >= 0.3 is 11.7 Å². The summed E-state index contributed by atoms with van der Waals surface area (Å²) in [6.07, 6.45) is 3.24. The fraction of sp³-hybridized carbons (Fsp3) is 0.538. The monoisotopic (exact) mass is 279 g/mol. The summed E-state index contributed by atoms with van der Waals surface area (Å²) in [5.41, 5.74) is 0.142. The number of hydrogen-bond donors (Lipinski definition) is 1. The molecule has 1 fully saturated rings. The van der Waals surface area contributed by atoms with E-state index in [1.807, 2.05) is 0 Å². The number of carbonyl (C=O) groups is 1. The average Bonchev–Trinajstić information content (AvgIpc) is 3.24. The third-order valence-corrected chi connectivity index (χ3v) is 3.80. The molecule has 0 unspecified atom stereocenters. The Balaban J connectivity index is 2.22. The van der Waals surface area contributed by atoms with E-state index in [-0.39, 0.29) is 22.6 Å². The number of nitrogens with one attached hydrogen (secondary N) is 1. The Kier molecular flexibility index (Phi) is 3.87. The van der Waals surface area contributed by atoms with Gasteiger partial charge in [0, 0.05) is 12.6 Å². The molecule has 20 heavy (non-hydrogen) atoms. The maximum absolute atomic E-state index is 11.4. The second-order valence-corrected chi connectivity index (χ2v) is 5.02. The van der Waals surface area contributed by atoms with Crippen molar-refractivity contribution in [3.63, 3.8) is 0 Å². The van der Waals surface area contributed by atoms with Gasteiger partial charge in [-0.25, -0.2) is 9.78 Å². The van der Waals surface area contributed by atoms with Gasteiger partial charge in [0.1, 0.15) is 0 Å². The van der Waals surface area contributed by atoms with Gasteiger partial charge in [0.15, 0.2) is 5.69 Å². The quantitative estimate of drug-likeness (QED) is 0.488. The van der Waals surface area contributed by atoms with Gasteiger partial charge in [-0.15, -0.1) is 0 Å². The van der Waals surface area contributed by atoms with Crippen LogP contribution >= 0.6 is 0 Å². The minimum atomic E-state index is -0.612. The first-order chi connectivity index (χ1) is 9.51. The molecular weight excluding hydrogens is 262 g/mol. The van der Waals surface area contributed by atoms with Crippen LogP contribution in [-0.2, 0) is 4.74 Å². The van der Waals surface area contributed by atoms with E-state index in [2.05, 4.69) is 22.0 Å². The summed E-state index contributed by atoms with van der Waals surface area (Å²) in [5.74, 6) is -0.489. The van der Waals surface area contributed by atoms with Gasteiger partial charge in [-0.1, -0.05) is 6.92 Å². The number of ether oxygens (including phenoxy) is 1. The second-order valence-electron chi connectivity index (χ2n) is 5.02. The largest absolute Gasteiger partial charge is 0.464 e. The van der Waals surface area contributed by atoms with Gasteiger partial charge in [-0.2, -0.15) is 0 Å². The summed E-state index contributed by atoms with van der Waals surface area (Å²) >= 11 is 0. The molecule has 0 amide bonds. The van der Waals surface area contributed by atoms with Crippen LogP contribution in [0, 0.1) is 15.5 Å². The number of hydrogen-bond acceptors (Lipinski definition) is 6. The molecule has 108 valence electrons. The SMILES string of the molecule is CCC1(CNc2nc(C(=O)OC)ccc2[N+](=O)[O-])CC1. The summed E-state index contributed by atoms with van der Waals surface area (Å²) in [7, 11) is 1.24. The normalized spacial score (nSPS) is 15.5. The van der Waals surface area contributed by atoms with E-state index in [4.69, 9.17) is 0 Å². The van der Waals surface area contributed by atoms with E-state index in [9.17, 15) is 14.9 Å². The number of methoxy groups -OCH3 is 1. The molecule has 0 radical (unpaired) electrons. The minimum absolute atomic E-state index is 0.0574. The minimum Gasteiger partial charge on any atom is -0.464 e. The molecule has 1 aromatic heterocycles. The van der Waals surface area contributed by atoms with E-state index in [0.717, 1.165) is 19.3 Å². The molecule has 0 saturated heterocycles. The first-order valence-corrected chi connectivity index (χ1v) is 6.49. The number of anilines is 1. The van der Waals surface area contributed by atoms with Crippen LogP contribution in [0.5, 0.6) is 0 Å². The Hall–Kier alpha value is -2.18. The van der Waals surface area contributed by atoms with Crippen molar-refractivity contribution in [2.45, 2.75) is 26.2 Å². The van der Waals surface area contributed by atoms with Crippen LogP contribution in [0.2, 0.25) is 0 Å². The molecule has 2 rings (SSSR count). The Bertz CT molecular complexity index is 540. The third-order valence-electron chi connectivity index (χ3n) is 3.80. The first-order valence-electron chi connectivity index (χ1n) is 6.49. The number of nitro groups is 1. The van der Waals surface area contributed by atoms with Gasteiger partial charge in [-0.05, 0) is 30.7 Å². The van der Waals surface area contributed by atoms with Crippen molar-refractivity contribution in [3.05, 3.63) is 27.9 Å². The van der Waals surface area contributed by atoms with Crippen LogP contribution in [0.15, 0.2) is 12.1 Å². The summed E-state index contributed by atoms with van der Waals surface area (Å²) in [6.45, 7) is 2.73. The zero-order chi connectivity index (χ0) is 14.8. The van der Waals surface area contributed by atoms with Crippen LogP contribution in [-0.4, -0.2) is 29.5 Å². The summed E-state index contributed by atoms with van der Waals surface area (Å²) in [6, 6.07) is 2.56. The number of aromatic nitrogens is 1. The van der Waals surface area contributed by atoms with Crippen molar-refractivity contribution in [1.29, 1.82) is 0 Å². The van der Waals surface area contributed by atoms with Gasteiger partial charge < -0.3 is 10.1 Å². The molecule has 0 atom stereocenters. The molecule has 1 aliphatic carbocycles. The maximum Gasteiger partial charge on any atom is 0.356 e. The van der Waals surface area contributed by atoms with Crippen molar-refractivity contribution in [3.8, 4) is 0 Å². The number of esters is 1. The van der Waals surface area contributed by atoms with Crippen LogP contribution in [0.1, 0.15) is 36.7 Å². The van der Waals surface area contributed by atoms with Crippen LogP contribution < -0.4 is 5.32 Å². The van der Waals surface area contributed by atoms with Crippen LogP contribution in [0.25, 0.3) is 0 Å². The van der Waals surface area contributed by atoms with Gasteiger partial charge in [-0.3, -0.25) is 10.1 Å². The average molecular weight is 279 g/mol. The summed E-state index contributed by atoms with van der Waals surface area (Å²) in [4.78, 5) is 25.9. The first kappa shape index (κ1) is 14.2. The zero-order valence-electron chi connectivity index (χ0n) is 11.5. The third kappa shape index (κ3) is 2.87. The molecular formula is C13H17N3O4. The molecule has 1 aromatic rings. The predicted molar refractivity (Wildman–Crippen MR) is 72.7 cm³/mol. The maximum atomic E-state index is 11.4. The van der Waals surface area contributed by atoms with Crippen molar-refractivity contribution in [1.82, 2.24) is 4.98 Å². The van der Waals surface area contributed by atoms with E-state index in [1.165, 1.54) is 19.2 Å². The molecule has 0 aromatic carbocycles. The Morgan fingerprint density at radius 3 is 2.75 bits per heavy atom. The molecule has 7 nitrogen and oxygen atoms in total. The number of rotatable bonds is 6. The molecule has 1 saturated carbocycles. The lowest BCUT2D eigenvalue weighted by atomic mass is 10.0. The molecule has 7 heteroatoms. The fourth-order valence-corrected chi connectivity index (χ4v) is 2.05. The van der Waals surface area contributed by atoms with Crippen molar-refractivity contribution < 1.29 is 14.5 Å². The van der Waals surface area contributed by atoms with Crippen molar-refractivity contribution in [2.75, 3.05) is 19.0 Å². The smallest absolute Gasteiger partial charge is 0.356 e. The highest BCUT2D eigenvalue weighted by atomic mass is 16.6. The lowest BCUT2D eigenvalue weighted by Gasteiger charge is -2.14. The van der Waals surface area contributed by atoms with Crippen molar-refractivity contribution in [2.24, 2.45) is 5.41 Å². The van der Waals surface area contributed by atoms with Gasteiger partial charge in [0.05, 0.1) is 12.0 Å². The predicted octanol–water partition coefficient (Wildman–Crippen LogP) is 2.38. The standard InChI is InChI=1S/C13H17N3O4/c1-3-13(6-7-13)8-14-11-10(16(18)19)5-4-9(15-11)12(17)20-2/h4-5H,3,6-8H2,1-2H3,(H,14,15). The van der Waals surface area contributed by atoms with E-state index < -0.39 is 10.9 Å². The molecule has 1 N–H and O–H groups in total. The zero-order valence-corrected chi connectivity index (χ0v) is 11.5. The Morgan fingerprint density at radius 2 is 2.25 bits per heavy atom. The number of pyridine rings is 1. The Morgan fingerprint density at radius 1 is 1.55 bits per heavy atom. The molecule has 1 aliphatic rings. The fourth-order valence-electron chi connectivity index (χ4n) is 2.05. The molecule has 1 heterocycles. The van der Waals surface area contributed by atoms with Gasteiger partial charge in [0.25, 0.3) is 0 Å². The van der Waals surface area contributed by atoms with E-state index >= 15 is 0 Å². The molecule has 0 bridgehead atoms. The molecule has 0 spiro atoms. The summed E-state index contributed by atoms with van der Waals surface area (Å²) < 4.78 is 4.57. The lowest BCUT2D eigenvalue weighted by molar-refractivity contribution is -0.384. The summed E-state index contributed by atoms with van der Waals surface area (Å²) in [5, 5.41) is 14.0. The van der Waals surface area contributed by atoms with Crippen molar-refractivity contribution >= 4 is 17.5 Å². The number of nitrogens with zero attached hydrogens (tertiary/aromatic N) is 2. The topological polar surface area (TPSA) is 94.4 Å². The highest BCUT2D eigenvalue weighted by molar-refractivity contribution is 5.88. The number of carbonyl (C=O) groups excluding carboxylic acids is 1. The highest BCUT2D eigenvalue weighted by Gasteiger charge is 2.40. The highest BCUT2D eigenvalue weighted by Crippen LogP contribution is 2.48.